The fourth-order valence-corrected chi connectivity index (χ4v) is 2.18. The number of nitrogens with zero attached hydrogens (tertiary/aromatic N) is 1. The Morgan fingerprint density at radius 1 is 1.26 bits per heavy atom. The third-order valence-electron chi connectivity index (χ3n) is 3.39. The lowest BCUT2D eigenvalue weighted by molar-refractivity contribution is -0.144. The summed E-state index contributed by atoms with van der Waals surface area (Å²) in [5.74, 6) is -3.14. The van der Waals surface area contributed by atoms with Crippen molar-refractivity contribution in [2.24, 2.45) is 5.73 Å². The van der Waals surface area contributed by atoms with Gasteiger partial charge in [-0.05, 0) is 0 Å². The third kappa shape index (κ3) is 2.87. The number of H-pyrrole nitrogens is 1. The van der Waals surface area contributed by atoms with Gasteiger partial charge in [-0.1, -0.05) is 0 Å². The van der Waals surface area contributed by atoms with Gasteiger partial charge in [0, 0.05) is 6.20 Å². The van der Waals surface area contributed by atoms with Crippen molar-refractivity contribution in [3.05, 3.63) is 32.6 Å². The van der Waals surface area contributed by atoms with E-state index in [1.54, 1.807) is 4.98 Å². The van der Waals surface area contributed by atoms with Crippen molar-refractivity contribution >= 4 is 11.9 Å². The van der Waals surface area contributed by atoms with Crippen molar-refractivity contribution in [3.63, 3.8) is 0 Å². The van der Waals surface area contributed by atoms with Crippen LogP contribution in [-0.4, -0.2) is 66.3 Å². The van der Waals surface area contributed by atoms with E-state index in [-0.39, 0.29) is 0 Å². The first-order valence-corrected chi connectivity index (χ1v) is 6.24. The molecule has 0 aromatic carbocycles. The van der Waals surface area contributed by atoms with Crippen LogP contribution >= 0.6 is 0 Å². The molecule has 1 saturated heterocycles. The zero-order valence-corrected chi connectivity index (χ0v) is 11.3. The van der Waals surface area contributed by atoms with Crippen LogP contribution in [0.25, 0.3) is 0 Å². The topological polar surface area (TPSA) is 205 Å². The molecule has 1 aliphatic rings. The summed E-state index contributed by atoms with van der Waals surface area (Å²) in [6.07, 6.45) is -6.05. The standard InChI is InChI=1S/C11H13N3O9/c12-3(10(20)21)6-4(15)5(16)8(23-6)14-1-2(9(18)19)7(17)13-11(14)22/h1,3-6,8,15-16H,12H2,(H,18,19)(H,20,21)(H,13,17,22)/t3-,4-,5+,6+,8+/m0/s1. The average molecular weight is 331 g/mol. The number of carboxylic acids is 2. The van der Waals surface area contributed by atoms with E-state index in [1.807, 2.05) is 0 Å². The monoisotopic (exact) mass is 331 g/mol. The van der Waals surface area contributed by atoms with Crippen LogP contribution in [0.3, 0.4) is 0 Å². The zero-order chi connectivity index (χ0) is 17.5. The molecule has 0 aliphatic carbocycles. The van der Waals surface area contributed by atoms with Crippen LogP contribution in [-0.2, 0) is 9.53 Å². The Hall–Kier alpha value is -2.54. The van der Waals surface area contributed by atoms with Crippen molar-refractivity contribution in [1.82, 2.24) is 9.55 Å². The Morgan fingerprint density at radius 2 is 1.87 bits per heavy atom. The van der Waals surface area contributed by atoms with E-state index in [1.165, 1.54) is 0 Å². The molecule has 23 heavy (non-hydrogen) atoms. The number of hydrogen-bond acceptors (Lipinski definition) is 8. The second kappa shape index (κ2) is 5.92. The number of aliphatic carboxylic acids is 1. The molecule has 12 heteroatoms. The highest BCUT2D eigenvalue weighted by Gasteiger charge is 2.48. The summed E-state index contributed by atoms with van der Waals surface area (Å²) in [6.45, 7) is 0. The maximum atomic E-state index is 11.8. The minimum Gasteiger partial charge on any atom is -0.480 e. The summed E-state index contributed by atoms with van der Waals surface area (Å²) in [7, 11) is 0. The van der Waals surface area contributed by atoms with Gasteiger partial charge in [-0.15, -0.1) is 0 Å². The predicted octanol–water partition coefficient (Wildman–Crippen LogP) is -3.73. The van der Waals surface area contributed by atoms with E-state index >= 15 is 0 Å². The van der Waals surface area contributed by atoms with E-state index in [0.717, 1.165) is 0 Å². The van der Waals surface area contributed by atoms with Crippen LogP contribution in [0, 0.1) is 0 Å². The van der Waals surface area contributed by atoms with Crippen molar-refractivity contribution in [1.29, 1.82) is 0 Å². The smallest absolute Gasteiger partial charge is 0.342 e. The van der Waals surface area contributed by atoms with E-state index in [9.17, 15) is 29.4 Å². The predicted molar refractivity (Wildman–Crippen MR) is 69.8 cm³/mol. The highest BCUT2D eigenvalue weighted by molar-refractivity contribution is 5.86. The molecule has 12 nitrogen and oxygen atoms in total. The number of carbonyl (C=O) groups is 2. The lowest BCUT2D eigenvalue weighted by Gasteiger charge is -2.18. The van der Waals surface area contributed by atoms with Crippen LogP contribution < -0.4 is 17.0 Å². The number of carboxylic acid groups (broad SMARTS) is 2. The minimum atomic E-state index is -1.77. The lowest BCUT2D eigenvalue weighted by Crippen LogP contribution is -2.48. The first-order valence-electron chi connectivity index (χ1n) is 6.24. The minimum absolute atomic E-state index is 0.535. The van der Waals surface area contributed by atoms with E-state index in [0.29, 0.717) is 10.8 Å². The Bertz CT molecular complexity index is 754. The zero-order valence-electron chi connectivity index (χ0n) is 11.3. The molecule has 5 atom stereocenters. The van der Waals surface area contributed by atoms with E-state index in [4.69, 9.17) is 20.7 Å². The van der Waals surface area contributed by atoms with Crippen LogP contribution in [0.1, 0.15) is 16.6 Å². The highest BCUT2D eigenvalue weighted by atomic mass is 16.6. The van der Waals surface area contributed by atoms with E-state index < -0.39 is 59.3 Å². The molecule has 2 rings (SSSR count). The third-order valence-corrected chi connectivity index (χ3v) is 3.39. The summed E-state index contributed by atoms with van der Waals surface area (Å²) >= 11 is 0. The Labute approximate surface area is 126 Å². The molecule has 1 fully saturated rings. The highest BCUT2D eigenvalue weighted by Crippen LogP contribution is 2.29. The summed E-state index contributed by atoms with van der Waals surface area (Å²) in [5, 5.41) is 37.4. The van der Waals surface area contributed by atoms with Crippen molar-refractivity contribution in [3.8, 4) is 0 Å². The molecule has 0 unspecified atom stereocenters. The van der Waals surface area contributed by atoms with Crippen molar-refractivity contribution in [2.45, 2.75) is 30.6 Å². The van der Waals surface area contributed by atoms with Crippen LogP contribution in [0.5, 0.6) is 0 Å². The molecule has 0 amide bonds. The normalized spacial score (nSPS) is 28.5. The van der Waals surface area contributed by atoms with Gasteiger partial charge in [0.2, 0.25) is 0 Å². The number of aromatic carboxylic acids is 1. The van der Waals surface area contributed by atoms with Crippen LogP contribution in [0.4, 0.5) is 0 Å². The number of aromatic nitrogens is 2. The fraction of sp³-hybridized carbons (Fsp3) is 0.455. The number of rotatable bonds is 4. The van der Waals surface area contributed by atoms with Crippen molar-refractivity contribution in [2.75, 3.05) is 0 Å². The first-order chi connectivity index (χ1) is 10.6. The Balaban J connectivity index is 2.45. The number of nitrogens with one attached hydrogen (secondary N) is 1. The van der Waals surface area contributed by atoms with Gasteiger partial charge in [0.1, 0.15) is 29.9 Å². The molecule has 0 spiro atoms. The first kappa shape index (κ1) is 16.8. The number of aromatic amines is 1. The number of hydrogen-bond donors (Lipinski definition) is 6. The maximum Gasteiger partial charge on any atom is 0.342 e. The molecule has 126 valence electrons. The molecule has 2 heterocycles. The number of ether oxygens (including phenoxy) is 1. The quantitative estimate of drug-likeness (QED) is 0.318. The van der Waals surface area contributed by atoms with Gasteiger partial charge < -0.3 is 30.9 Å². The Morgan fingerprint density at radius 3 is 2.39 bits per heavy atom. The van der Waals surface area contributed by atoms with Gasteiger partial charge in [0.05, 0.1) is 0 Å². The largest absolute Gasteiger partial charge is 0.480 e. The summed E-state index contributed by atoms with van der Waals surface area (Å²) in [4.78, 5) is 46.6. The molecule has 0 radical (unpaired) electrons. The summed E-state index contributed by atoms with van der Waals surface area (Å²) < 4.78 is 5.63. The second-order valence-electron chi connectivity index (χ2n) is 4.85. The maximum absolute atomic E-state index is 11.8. The van der Waals surface area contributed by atoms with Crippen LogP contribution in [0.2, 0.25) is 0 Å². The molecule has 1 aromatic heterocycles. The number of nitrogens with two attached hydrogens (primary N) is 1. The average Bonchev–Trinajstić information content (AvgIpc) is 2.74. The molecular weight excluding hydrogens is 318 g/mol. The van der Waals surface area contributed by atoms with Gasteiger partial charge in [-0.3, -0.25) is 19.1 Å². The second-order valence-corrected chi connectivity index (χ2v) is 4.85. The van der Waals surface area contributed by atoms with Gasteiger partial charge >= 0.3 is 17.6 Å². The molecule has 1 aliphatic heterocycles. The molecular formula is C11H13N3O9. The fourth-order valence-electron chi connectivity index (χ4n) is 2.18. The SMILES string of the molecule is N[C@H](C(=O)O)[C@H]1O[C@@H](n2cc(C(=O)O)c(=O)[nH]c2=O)[C@H](O)[C@@H]1O. The molecule has 1 aromatic rings. The van der Waals surface area contributed by atoms with E-state index in [2.05, 4.69) is 0 Å². The number of aliphatic hydroxyl groups excluding tert-OH is 2. The molecule has 0 saturated carbocycles. The van der Waals surface area contributed by atoms with Gasteiger partial charge in [-0.2, -0.15) is 0 Å². The Kier molecular flexibility index (Phi) is 4.33. The van der Waals surface area contributed by atoms with Gasteiger partial charge in [0.15, 0.2) is 6.23 Å². The number of aliphatic hydroxyl groups is 2. The van der Waals surface area contributed by atoms with Crippen molar-refractivity contribution < 1.29 is 34.8 Å². The molecule has 0 bridgehead atoms. The summed E-state index contributed by atoms with van der Waals surface area (Å²) in [6, 6.07) is -1.69. The molecule has 7 N–H and O–H groups in total. The van der Waals surface area contributed by atoms with Gasteiger partial charge in [-0.25, -0.2) is 9.59 Å². The summed E-state index contributed by atoms with van der Waals surface area (Å²) in [5.41, 5.74) is 2.24. The van der Waals surface area contributed by atoms with Crippen LogP contribution in [0.15, 0.2) is 15.8 Å². The lowest BCUT2D eigenvalue weighted by atomic mass is 10.0. The van der Waals surface area contributed by atoms with Gasteiger partial charge in [0.25, 0.3) is 5.56 Å².